The molecule has 0 aliphatic heterocycles. The van der Waals surface area contributed by atoms with Crippen LogP contribution >= 0.6 is 0 Å². The van der Waals surface area contributed by atoms with Gasteiger partial charge in [0.05, 0.1) is 12.5 Å². The van der Waals surface area contributed by atoms with Crippen LogP contribution in [0, 0.1) is 10.8 Å². The highest BCUT2D eigenvalue weighted by molar-refractivity contribution is 5.98. The molecule has 0 bridgehead atoms. The maximum atomic E-state index is 11.9. The zero-order valence-electron chi connectivity index (χ0n) is 10.3. The Morgan fingerprint density at radius 2 is 2.00 bits per heavy atom. The van der Waals surface area contributed by atoms with Crippen molar-refractivity contribution >= 4 is 11.8 Å². The SMILES string of the molecule is CC(CN=O)C(=O)c1cccc(C(C)C(=O)O)c1. The minimum Gasteiger partial charge on any atom is -0.481 e. The van der Waals surface area contributed by atoms with Crippen molar-refractivity contribution in [2.75, 3.05) is 6.54 Å². The molecule has 1 N–H and O–H groups in total. The van der Waals surface area contributed by atoms with E-state index in [9.17, 15) is 14.5 Å². The molecule has 5 heteroatoms. The van der Waals surface area contributed by atoms with Crippen molar-refractivity contribution in [3.05, 3.63) is 40.3 Å². The van der Waals surface area contributed by atoms with Gasteiger partial charge in [0, 0.05) is 11.5 Å². The van der Waals surface area contributed by atoms with Gasteiger partial charge in [-0.15, -0.1) is 0 Å². The molecular formula is C13H15NO4. The van der Waals surface area contributed by atoms with Gasteiger partial charge >= 0.3 is 5.97 Å². The van der Waals surface area contributed by atoms with Crippen molar-refractivity contribution in [1.82, 2.24) is 0 Å². The third-order valence-corrected chi connectivity index (χ3v) is 2.84. The van der Waals surface area contributed by atoms with E-state index in [0.29, 0.717) is 11.1 Å². The van der Waals surface area contributed by atoms with E-state index < -0.39 is 17.8 Å². The number of benzene rings is 1. The maximum Gasteiger partial charge on any atom is 0.310 e. The van der Waals surface area contributed by atoms with Crippen LogP contribution in [0.4, 0.5) is 0 Å². The lowest BCUT2D eigenvalue weighted by Crippen LogP contribution is -2.15. The van der Waals surface area contributed by atoms with E-state index in [0.717, 1.165) is 0 Å². The van der Waals surface area contributed by atoms with E-state index in [-0.39, 0.29) is 12.3 Å². The Kier molecular flexibility index (Phi) is 4.71. The number of aliphatic carboxylic acids is 1. The predicted octanol–water partition coefficient (Wildman–Crippen LogP) is 2.46. The zero-order valence-corrected chi connectivity index (χ0v) is 10.3. The fourth-order valence-corrected chi connectivity index (χ4v) is 1.58. The van der Waals surface area contributed by atoms with Gasteiger partial charge in [0.1, 0.15) is 0 Å². The molecule has 96 valence electrons. The van der Waals surface area contributed by atoms with Gasteiger partial charge in [-0.2, -0.15) is 4.91 Å². The molecular weight excluding hydrogens is 234 g/mol. The summed E-state index contributed by atoms with van der Waals surface area (Å²) >= 11 is 0. The first-order valence-corrected chi connectivity index (χ1v) is 5.63. The highest BCUT2D eigenvalue weighted by atomic mass is 16.4. The Morgan fingerprint density at radius 1 is 1.33 bits per heavy atom. The summed E-state index contributed by atoms with van der Waals surface area (Å²) in [6.45, 7) is 3.11. The first-order chi connectivity index (χ1) is 8.47. The molecule has 0 aromatic heterocycles. The van der Waals surface area contributed by atoms with E-state index in [1.807, 2.05) is 0 Å². The number of hydrogen-bond donors (Lipinski definition) is 1. The third kappa shape index (κ3) is 3.23. The second kappa shape index (κ2) is 6.05. The summed E-state index contributed by atoms with van der Waals surface area (Å²) in [7, 11) is 0. The first-order valence-electron chi connectivity index (χ1n) is 5.63. The zero-order chi connectivity index (χ0) is 13.7. The van der Waals surface area contributed by atoms with Crippen molar-refractivity contribution in [1.29, 1.82) is 0 Å². The molecule has 0 radical (unpaired) electrons. The molecule has 1 rings (SSSR count). The van der Waals surface area contributed by atoms with E-state index in [2.05, 4.69) is 5.18 Å². The van der Waals surface area contributed by atoms with Crippen LogP contribution in [-0.4, -0.2) is 23.4 Å². The predicted molar refractivity (Wildman–Crippen MR) is 66.6 cm³/mol. The molecule has 0 saturated heterocycles. The number of Topliss-reactive ketones (excluding diaryl/α,β-unsaturated/α-hetero) is 1. The van der Waals surface area contributed by atoms with Gasteiger partial charge in [0.25, 0.3) is 0 Å². The van der Waals surface area contributed by atoms with Crippen molar-refractivity contribution in [3.8, 4) is 0 Å². The Balaban J connectivity index is 2.98. The summed E-state index contributed by atoms with van der Waals surface area (Å²) in [4.78, 5) is 32.9. The number of nitroso groups, excluding NO2 is 1. The average molecular weight is 249 g/mol. The standard InChI is InChI=1S/C13H15NO4/c1-8(7-14-18)12(15)11-5-3-4-10(6-11)9(2)13(16)17/h3-6,8-9H,7H2,1-2H3,(H,16,17). The fourth-order valence-electron chi connectivity index (χ4n) is 1.58. The van der Waals surface area contributed by atoms with E-state index in [4.69, 9.17) is 5.11 Å². The van der Waals surface area contributed by atoms with Crippen LogP contribution in [-0.2, 0) is 4.79 Å². The molecule has 18 heavy (non-hydrogen) atoms. The third-order valence-electron chi connectivity index (χ3n) is 2.84. The molecule has 0 saturated carbocycles. The molecule has 0 heterocycles. The van der Waals surface area contributed by atoms with Crippen LogP contribution in [0.1, 0.15) is 35.7 Å². The van der Waals surface area contributed by atoms with Crippen molar-refractivity contribution < 1.29 is 14.7 Å². The van der Waals surface area contributed by atoms with Gasteiger partial charge < -0.3 is 5.11 Å². The van der Waals surface area contributed by atoms with E-state index >= 15 is 0 Å². The van der Waals surface area contributed by atoms with Gasteiger partial charge in [0.15, 0.2) is 5.78 Å². The number of carboxylic acids is 1. The number of ketones is 1. The van der Waals surface area contributed by atoms with Gasteiger partial charge in [-0.25, -0.2) is 0 Å². The normalized spacial score (nSPS) is 13.7. The summed E-state index contributed by atoms with van der Waals surface area (Å²) in [6, 6.07) is 6.48. The summed E-state index contributed by atoms with van der Waals surface area (Å²) in [6.07, 6.45) is 0. The molecule has 2 unspecified atom stereocenters. The number of nitrogens with zero attached hydrogens (tertiary/aromatic N) is 1. The Morgan fingerprint density at radius 3 is 2.56 bits per heavy atom. The number of carbonyl (C=O) groups excluding carboxylic acids is 1. The van der Waals surface area contributed by atoms with Crippen LogP contribution in [0.2, 0.25) is 0 Å². The summed E-state index contributed by atoms with van der Waals surface area (Å²) in [5.41, 5.74) is 0.983. The number of carboxylic acid groups (broad SMARTS) is 1. The smallest absolute Gasteiger partial charge is 0.310 e. The highest BCUT2D eigenvalue weighted by Crippen LogP contribution is 2.18. The van der Waals surface area contributed by atoms with Crippen molar-refractivity contribution in [2.24, 2.45) is 11.1 Å². The molecule has 1 aromatic carbocycles. The second-order valence-electron chi connectivity index (χ2n) is 4.26. The monoisotopic (exact) mass is 249 g/mol. The van der Waals surface area contributed by atoms with Crippen molar-refractivity contribution in [2.45, 2.75) is 19.8 Å². The second-order valence-corrected chi connectivity index (χ2v) is 4.26. The quantitative estimate of drug-likeness (QED) is 0.620. The Bertz CT molecular complexity index is 470. The summed E-state index contributed by atoms with van der Waals surface area (Å²) in [5.74, 6) is -2.30. The van der Waals surface area contributed by atoms with Crippen LogP contribution in [0.5, 0.6) is 0 Å². The highest BCUT2D eigenvalue weighted by Gasteiger charge is 2.18. The van der Waals surface area contributed by atoms with E-state index in [1.54, 1.807) is 38.1 Å². The summed E-state index contributed by atoms with van der Waals surface area (Å²) < 4.78 is 0. The van der Waals surface area contributed by atoms with Gasteiger partial charge in [-0.3, -0.25) is 9.59 Å². The molecule has 0 aliphatic carbocycles. The van der Waals surface area contributed by atoms with Crippen LogP contribution in [0.15, 0.2) is 29.4 Å². The molecule has 0 amide bonds. The lowest BCUT2D eigenvalue weighted by molar-refractivity contribution is -0.138. The molecule has 5 nitrogen and oxygen atoms in total. The minimum atomic E-state index is -0.942. The van der Waals surface area contributed by atoms with Crippen LogP contribution in [0.3, 0.4) is 0 Å². The molecule has 0 aliphatic rings. The first kappa shape index (κ1) is 14.0. The lowest BCUT2D eigenvalue weighted by atomic mass is 9.94. The largest absolute Gasteiger partial charge is 0.481 e. The molecule has 2 atom stereocenters. The topological polar surface area (TPSA) is 83.8 Å². The lowest BCUT2D eigenvalue weighted by Gasteiger charge is -2.10. The minimum absolute atomic E-state index is 0.0719. The van der Waals surface area contributed by atoms with E-state index in [1.165, 1.54) is 0 Å². The molecule has 0 spiro atoms. The van der Waals surface area contributed by atoms with Gasteiger partial charge in [-0.1, -0.05) is 30.3 Å². The van der Waals surface area contributed by atoms with Crippen molar-refractivity contribution in [3.63, 3.8) is 0 Å². The van der Waals surface area contributed by atoms with Crippen LogP contribution < -0.4 is 0 Å². The molecule has 0 fully saturated rings. The Hall–Kier alpha value is -2.04. The molecule has 1 aromatic rings. The van der Waals surface area contributed by atoms with Gasteiger partial charge in [-0.05, 0) is 18.6 Å². The Labute approximate surface area is 105 Å². The fraction of sp³-hybridized carbons (Fsp3) is 0.385. The summed E-state index contributed by atoms with van der Waals surface area (Å²) in [5, 5.41) is 11.6. The number of rotatable bonds is 6. The maximum absolute atomic E-state index is 11.9. The number of carbonyl (C=O) groups is 2. The van der Waals surface area contributed by atoms with Crippen LogP contribution in [0.25, 0.3) is 0 Å². The van der Waals surface area contributed by atoms with Gasteiger partial charge in [0.2, 0.25) is 0 Å². The number of hydrogen-bond acceptors (Lipinski definition) is 4. The average Bonchev–Trinajstić information content (AvgIpc) is 2.37.